The van der Waals surface area contributed by atoms with Gasteiger partial charge in [0.1, 0.15) is 0 Å². The third kappa shape index (κ3) is 3.39. The first-order valence-corrected chi connectivity index (χ1v) is 8.24. The number of carbonyl (C=O) groups excluding carboxylic acids is 1. The first-order chi connectivity index (χ1) is 10.6. The zero-order valence-electron chi connectivity index (χ0n) is 12.1. The van der Waals surface area contributed by atoms with E-state index in [1.165, 1.54) is 6.07 Å². The third-order valence-corrected chi connectivity index (χ3v) is 4.49. The molecule has 6 heteroatoms. The Morgan fingerprint density at radius 1 is 1.36 bits per heavy atom. The van der Waals surface area contributed by atoms with Gasteiger partial charge in [0.05, 0.1) is 5.56 Å². The highest BCUT2D eigenvalue weighted by Crippen LogP contribution is 2.20. The fourth-order valence-electron chi connectivity index (χ4n) is 2.84. The van der Waals surface area contributed by atoms with Crippen LogP contribution in [0.3, 0.4) is 0 Å². The molecule has 2 heterocycles. The maximum atomic E-state index is 12.5. The summed E-state index contributed by atoms with van der Waals surface area (Å²) in [5.74, 6) is 0.262. The predicted octanol–water partition coefficient (Wildman–Crippen LogP) is 2.02. The fraction of sp³-hybridized carbons (Fsp3) is 0.375. The number of piperidine rings is 1. The second kappa shape index (κ2) is 6.62. The van der Waals surface area contributed by atoms with Crippen molar-refractivity contribution in [2.45, 2.75) is 12.8 Å². The largest absolute Gasteiger partial charge is 0.352 e. The normalized spacial score (nSPS) is 18.3. The highest BCUT2D eigenvalue weighted by Gasteiger charge is 2.16. The SMILES string of the molecule is O=C(NCC1CCCNC1)c1cc(=O)[nH]c2ccc(Br)cc12. The Labute approximate surface area is 136 Å². The third-order valence-electron chi connectivity index (χ3n) is 4.00. The van der Waals surface area contributed by atoms with E-state index in [4.69, 9.17) is 0 Å². The van der Waals surface area contributed by atoms with Crippen LogP contribution in [0.2, 0.25) is 0 Å². The van der Waals surface area contributed by atoms with E-state index >= 15 is 0 Å². The van der Waals surface area contributed by atoms with Gasteiger partial charge < -0.3 is 15.6 Å². The lowest BCUT2D eigenvalue weighted by Crippen LogP contribution is -2.38. The maximum Gasteiger partial charge on any atom is 0.252 e. The van der Waals surface area contributed by atoms with Crippen molar-refractivity contribution in [2.24, 2.45) is 5.92 Å². The Hall–Kier alpha value is -1.66. The lowest BCUT2D eigenvalue weighted by molar-refractivity contribution is 0.0946. The molecule has 1 unspecified atom stereocenters. The van der Waals surface area contributed by atoms with Crippen molar-refractivity contribution in [1.82, 2.24) is 15.6 Å². The summed E-state index contributed by atoms with van der Waals surface area (Å²) in [7, 11) is 0. The van der Waals surface area contributed by atoms with Crippen molar-refractivity contribution in [1.29, 1.82) is 0 Å². The molecule has 3 N–H and O–H groups in total. The molecule has 0 aliphatic carbocycles. The summed E-state index contributed by atoms with van der Waals surface area (Å²) in [6.07, 6.45) is 2.26. The van der Waals surface area contributed by atoms with Crippen molar-refractivity contribution >= 4 is 32.7 Å². The van der Waals surface area contributed by atoms with E-state index in [9.17, 15) is 9.59 Å². The number of pyridine rings is 1. The van der Waals surface area contributed by atoms with E-state index in [1.54, 1.807) is 6.07 Å². The van der Waals surface area contributed by atoms with Gasteiger partial charge in [-0.2, -0.15) is 0 Å². The average Bonchev–Trinajstić information content (AvgIpc) is 2.53. The van der Waals surface area contributed by atoms with Crippen LogP contribution in [-0.4, -0.2) is 30.5 Å². The van der Waals surface area contributed by atoms with Gasteiger partial charge in [-0.3, -0.25) is 9.59 Å². The van der Waals surface area contributed by atoms with Crippen LogP contribution in [0, 0.1) is 5.92 Å². The van der Waals surface area contributed by atoms with Crippen LogP contribution < -0.4 is 16.2 Å². The average molecular weight is 364 g/mol. The second-order valence-electron chi connectivity index (χ2n) is 5.66. The predicted molar refractivity (Wildman–Crippen MR) is 90.2 cm³/mol. The highest BCUT2D eigenvalue weighted by atomic mass is 79.9. The second-order valence-corrected chi connectivity index (χ2v) is 6.58. The summed E-state index contributed by atoms with van der Waals surface area (Å²) in [6.45, 7) is 2.62. The van der Waals surface area contributed by atoms with Crippen molar-refractivity contribution < 1.29 is 4.79 Å². The smallest absolute Gasteiger partial charge is 0.252 e. The van der Waals surface area contributed by atoms with Crippen molar-refractivity contribution in [3.05, 3.63) is 44.7 Å². The fourth-order valence-corrected chi connectivity index (χ4v) is 3.21. The van der Waals surface area contributed by atoms with Crippen LogP contribution in [0.25, 0.3) is 10.9 Å². The molecule has 1 fully saturated rings. The Balaban J connectivity index is 1.83. The quantitative estimate of drug-likeness (QED) is 0.780. The first-order valence-electron chi connectivity index (χ1n) is 7.45. The van der Waals surface area contributed by atoms with Gasteiger partial charge >= 0.3 is 0 Å². The number of aromatic nitrogens is 1. The molecule has 5 nitrogen and oxygen atoms in total. The van der Waals surface area contributed by atoms with Crippen LogP contribution in [0.4, 0.5) is 0 Å². The zero-order valence-corrected chi connectivity index (χ0v) is 13.7. The van der Waals surface area contributed by atoms with Gasteiger partial charge in [0.2, 0.25) is 5.56 Å². The van der Waals surface area contributed by atoms with Gasteiger partial charge in [0.15, 0.2) is 0 Å². The van der Waals surface area contributed by atoms with Crippen LogP contribution >= 0.6 is 15.9 Å². The van der Waals surface area contributed by atoms with E-state index < -0.39 is 0 Å². The Morgan fingerprint density at radius 2 is 2.23 bits per heavy atom. The number of aromatic amines is 1. The van der Waals surface area contributed by atoms with E-state index in [0.29, 0.717) is 23.5 Å². The number of amides is 1. The van der Waals surface area contributed by atoms with Crippen molar-refractivity contribution in [2.75, 3.05) is 19.6 Å². The number of rotatable bonds is 3. The minimum atomic E-state index is -0.265. The molecule has 3 rings (SSSR count). The number of carbonyl (C=O) groups is 1. The molecule has 1 atom stereocenters. The van der Waals surface area contributed by atoms with Gasteiger partial charge in [-0.15, -0.1) is 0 Å². The summed E-state index contributed by atoms with van der Waals surface area (Å²) >= 11 is 3.40. The van der Waals surface area contributed by atoms with Crippen LogP contribution in [-0.2, 0) is 0 Å². The summed E-state index contributed by atoms with van der Waals surface area (Å²) in [6, 6.07) is 6.85. The lowest BCUT2D eigenvalue weighted by Gasteiger charge is -2.23. The minimum Gasteiger partial charge on any atom is -0.352 e. The molecule has 22 heavy (non-hydrogen) atoms. The zero-order chi connectivity index (χ0) is 15.5. The molecule has 0 spiro atoms. The lowest BCUT2D eigenvalue weighted by atomic mass is 9.99. The molecule has 2 aromatic rings. The molecule has 1 aliphatic rings. The number of hydrogen-bond acceptors (Lipinski definition) is 3. The summed E-state index contributed by atoms with van der Waals surface area (Å²) in [5.41, 5.74) is 0.823. The molecular weight excluding hydrogens is 346 g/mol. The minimum absolute atomic E-state index is 0.195. The van der Waals surface area contributed by atoms with Crippen molar-refractivity contribution in [3.63, 3.8) is 0 Å². The molecule has 1 saturated heterocycles. The van der Waals surface area contributed by atoms with E-state index in [2.05, 4.69) is 31.5 Å². The molecule has 1 amide bonds. The van der Waals surface area contributed by atoms with Gasteiger partial charge in [0, 0.05) is 28.0 Å². The van der Waals surface area contributed by atoms with Crippen molar-refractivity contribution in [3.8, 4) is 0 Å². The van der Waals surface area contributed by atoms with E-state index in [-0.39, 0.29) is 11.5 Å². The number of fused-ring (bicyclic) bond motifs is 1. The number of nitrogens with one attached hydrogen (secondary N) is 3. The molecule has 1 aromatic heterocycles. The standard InChI is InChI=1S/C16H18BrN3O2/c17-11-3-4-14-12(6-11)13(7-15(21)20-14)16(22)19-9-10-2-1-5-18-8-10/h3-4,6-7,10,18H,1-2,5,8-9H2,(H,19,22)(H,20,21). The highest BCUT2D eigenvalue weighted by molar-refractivity contribution is 9.10. The maximum absolute atomic E-state index is 12.5. The molecule has 1 aromatic carbocycles. The Morgan fingerprint density at radius 3 is 3.00 bits per heavy atom. The van der Waals surface area contributed by atoms with Gasteiger partial charge in [-0.25, -0.2) is 0 Å². The number of H-pyrrole nitrogens is 1. The van der Waals surface area contributed by atoms with Crippen LogP contribution in [0.15, 0.2) is 33.5 Å². The molecule has 1 aliphatic heterocycles. The van der Waals surface area contributed by atoms with Gasteiger partial charge in [0.25, 0.3) is 5.91 Å². The number of benzene rings is 1. The number of halogens is 1. The molecule has 116 valence electrons. The monoisotopic (exact) mass is 363 g/mol. The Bertz CT molecular complexity index is 751. The number of hydrogen-bond donors (Lipinski definition) is 3. The summed E-state index contributed by atoms with van der Waals surface area (Å²) in [5, 5.41) is 7.04. The molecule has 0 bridgehead atoms. The molecule has 0 radical (unpaired) electrons. The van der Waals surface area contributed by atoms with Gasteiger partial charge in [-0.1, -0.05) is 15.9 Å². The van der Waals surface area contributed by atoms with Crippen LogP contribution in [0.5, 0.6) is 0 Å². The Kier molecular flexibility index (Phi) is 4.59. The topological polar surface area (TPSA) is 74.0 Å². The van der Waals surface area contributed by atoms with Gasteiger partial charge in [-0.05, 0) is 50.0 Å². The molecule has 0 saturated carbocycles. The summed E-state index contributed by atoms with van der Waals surface area (Å²) in [4.78, 5) is 27.0. The molecular formula is C16H18BrN3O2. The van der Waals surface area contributed by atoms with Crippen LogP contribution in [0.1, 0.15) is 23.2 Å². The van der Waals surface area contributed by atoms with E-state index in [0.717, 1.165) is 35.8 Å². The summed E-state index contributed by atoms with van der Waals surface area (Å²) < 4.78 is 0.873. The van der Waals surface area contributed by atoms with E-state index in [1.807, 2.05) is 12.1 Å². The first kappa shape index (κ1) is 15.2.